The van der Waals surface area contributed by atoms with E-state index in [9.17, 15) is 13.2 Å². The van der Waals surface area contributed by atoms with E-state index in [-0.39, 0.29) is 24.1 Å². The summed E-state index contributed by atoms with van der Waals surface area (Å²) in [5, 5.41) is 2.75. The Morgan fingerprint density at radius 2 is 2.22 bits per heavy atom. The van der Waals surface area contributed by atoms with Crippen molar-refractivity contribution in [3.8, 4) is 0 Å². The van der Waals surface area contributed by atoms with E-state index < -0.39 is 10.0 Å². The molecular formula is C14H24N4O4S. The van der Waals surface area contributed by atoms with E-state index >= 15 is 0 Å². The third kappa shape index (κ3) is 4.10. The lowest BCUT2D eigenvalue weighted by Crippen LogP contribution is -2.41. The van der Waals surface area contributed by atoms with Gasteiger partial charge in [-0.2, -0.15) is 4.31 Å². The molecule has 1 N–H and O–H groups in total. The molecule has 0 bridgehead atoms. The van der Waals surface area contributed by atoms with Crippen LogP contribution in [0.3, 0.4) is 0 Å². The Morgan fingerprint density at radius 1 is 1.48 bits per heavy atom. The number of rotatable bonds is 7. The van der Waals surface area contributed by atoms with Crippen LogP contribution in [0.2, 0.25) is 0 Å². The smallest absolute Gasteiger partial charge is 0.226 e. The number of fused-ring (bicyclic) bond motifs is 1. The number of hydrogen-bond acceptors (Lipinski definition) is 5. The number of aromatic nitrogens is 2. The molecule has 0 saturated carbocycles. The fraction of sp³-hybridized carbons (Fsp3) is 0.714. The van der Waals surface area contributed by atoms with Crippen LogP contribution in [-0.4, -0.2) is 60.7 Å². The monoisotopic (exact) mass is 344 g/mol. The molecule has 1 aliphatic heterocycles. The zero-order valence-corrected chi connectivity index (χ0v) is 14.6. The minimum Gasteiger partial charge on any atom is -0.383 e. The molecule has 1 aliphatic rings. The molecule has 0 radical (unpaired) electrons. The normalized spacial score (nSPS) is 18.7. The van der Waals surface area contributed by atoms with Crippen molar-refractivity contribution in [3.63, 3.8) is 0 Å². The Balaban J connectivity index is 2.07. The van der Waals surface area contributed by atoms with Crippen molar-refractivity contribution in [2.45, 2.75) is 32.9 Å². The molecule has 0 fully saturated rings. The predicted octanol–water partition coefficient (Wildman–Crippen LogP) is -0.0855. The Kier molecular flexibility index (Phi) is 5.77. The molecule has 0 saturated heterocycles. The number of hydrogen-bond donors (Lipinski definition) is 1. The number of carbonyl (C=O) groups excluding carboxylic acids is 1. The summed E-state index contributed by atoms with van der Waals surface area (Å²) in [5.41, 5.74) is 0.650. The van der Waals surface area contributed by atoms with E-state index in [0.717, 1.165) is 0 Å². The van der Waals surface area contributed by atoms with E-state index in [1.807, 2.05) is 17.7 Å². The van der Waals surface area contributed by atoms with Crippen LogP contribution in [0, 0.1) is 0 Å². The average Bonchev–Trinajstić information content (AvgIpc) is 2.91. The number of imidazole rings is 1. The number of nitrogens with zero attached hydrogens (tertiary/aromatic N) is 3. The second-order valence-electron chi connectivity index (χ2n) is 5.49. The van der Waals surface area contributed by atoms with E-state index in [2.05, 4.69) is 10.3 Å². The van der Waals surface area contributed by atoms with Crippen LogP contribution in [0.15, 0.2) is 6.20 Å². The molecular weight excluding hydrogens is 320 g/mol. The lowest BCUT2D eigenvalue weighted by Gasteiger charge is -2.32. The summed E-state index contributed by atoms with van der Waals surface area (Å²) in [6.45, 7) is 5.37. The second-order valence-corrected chi connectivity index (χ2v) is 7.70. The quantitative estimate of drug-likeness (QED) is 0.698. The van der Waals surface area contributed by atoms with Gasteiger partial charge in [0.1, 0.15) is 5.82 Å². The highest BCUT2D eigenvalue weighted by atomic mass is 32.2. The largest absolute Gasteiger partial charge is 0.383 e. The van der Waals surface area contributed by atoms with Crippen molar-refractivity contribution < 1.29 is 17.9 Å². The van der Waals surface area contributed by atoms with Crippen LogP contribution in [0.4, 0.5) is 0 Å². The molecule has 0 aromatic carbocycles. The molecule has 1 aromatic heterocycles. The van der Waals surface area contributed by atoms with Crippen LogP contribution in [0.5, 0.6) is 0 Å². The van der Waals surface area contributed by atoms with Gasteiger partial charge in [-0.15, -0.1) is 0 Å². The molecule has 0 spiro atoms. The SMILES string of the molecule is CCS(=O)(=O)N1CCn2cc(CC(=O)NCCOC)nc2[C@H]1C. The summed E-state index contributed by atoms with van der Waals surface area (Å²) >= 11 is 0. The molecule has 9 heteroatoms. The standard InChI is InChI=1S/C14H24N4O4S/c1-4-23(20,21)18-7-6-17-10-12(16-14(17)11(18)2)9-13(19)15-5-8-22-3/h10-11H,4-9H2,1-3H3,(H,15,19)/t11-/m1/s1. The highest BCUT2D eigenvalue weighted by Crippen LogP contribution is 2.27. The fourth-order valence-electron chi connectivity index (χ4n) is 2.68. The maximum absolute atomic E-state index is 12.1. The van der Waals surface area contributed by atoms with Gasteiger partial charge in [0.15, 0.2) is 0 Å². The van der Waals surface area contributed by atoms with E-state index in [4.69, 9.17) is 4.74 Å². The summed E-state index contributed by atoms with van der Waals surface area (Å²) in [7, 11) is -1.68. The summed E-state index contributed by atoms with van der Waals surface area (Å²) in [5.74, 6) is 0.642. The molecule has 2 rings (SSSR count). The van der Waals surface area contributed by atoms with Gasteiger partial charge in [-0.25, -0.2) is 13.4 Å². The van der Waals surface area contributed by atoms with E-state index in [1.165, 1.54) is 4.31 Å². The molecule has 8 nitrogen and oxygen atoms in total. The van der Waals surface area contributed by atoms with Crippen molar-refractivity contribution in [1.29, 1.82) is 0 Å². The minimum atomic E-state index is -3.26. The van der Waals surface area contributed by atoms with Crippen molar-refractivity contribution >= 4 is 15.9 Å². The Hall–Kier alpha value is -1.45. The van der Waals surface area contributed by atoms with Gasteiger partial charge in [-0.3, -0.25) is 4.79 Å². The van der Waals surface area contributed by atoms with E-state index in [0.29, 0.717) is 37.8 Å². The Bertz CT molecular complexity index is 656. The van der Waals surface area contributed by atoms with Crippen LogP contribution in [0.25, 0.3) is 0 Å². The number of sulfonamides is 1. The van der Waals surface area contributed by atoms with Crippen molar-refractivity contribution in [2.24, 2.45) is 0 Å². The predicted molar refractivity (Wildman–Crippen MR) is 85.4 cm³/mol. The highest BCUT2D eigenvalue weighted by molar-refractivity contribution is 7.89. The fourth-order valence-corrected chi connectivity index (χ4v) is 3.95. The number of ether oxygens (including phenoxy) is 1. The van der Waals surface area contributed by atoms with Crippen LogP contribution in [0.1, 0.15) is 31.4 Å². The summed E-state index contributed by atoms with van der Waals surface area (Å²) in [4.78, 5) is 16.3. The van der Waals surface area contributed by atoms with Crippen molar-refractivity contribution in [1.82, 2.24) is 19.2 Å². The molecule has 2 heterocycles. The first-order valence-corrected chi connectivity index (χ1v) is 9.31. The molecule has 130 valence electrons. The number of amides is 1. The summed E-state index contributed by atoms with van der Waals surface area (Å²) in [6.07, 6.45) is 2.01. The summed E-state index contributed by atoms with van der Waals surface area (Å²) in [6, 6.07) is -0.320. The van der Waals surface area contributed by atoms with Gasteiger partial charge in [-0.05, 0) is 13.8 Å². The Labute approximate surface area is 136 Å². The minimum absolute atomic E-state index is 0.0762. The van der Waals surface area contributed by atoms with Gasteiger partial charge in [0.2, 0.25) is 15.9 Å². The molecule has 23 heavy (non-hydrogen) atoms. The van der Waals surface area contributed by atoms with Gasteiger partial charge < -0.3 is 14.6 Å². The van der Waals surface area contributed by atoms with Gasteiger partial charge in [0.25, 0.3) is 0 Å². The summed E-state index contributed by atoms with van der Waals surface area (Å²) < 4.78 is 32.5. The Morgan fingerprint density at radius 3 is 2.87 bits per heavy atom. The average molecular weight is 344 g/mol. The molecule has 1 aromatic rings. The first kappa shape index (κ1) is 17.9. The third-order valence-electron chi connectivity index (χ3n) is 3.92. The van der Waals surface area contributed by atoms with Crippen LogP contribution >= 0.6 is 0 Å². The molecule has 1 amide bonds. The zero-order chi connectivity index (χ0) is 17.0. The lowest BCUT2D eigenvalue weighted by atomic mass is 10.2. The number of carbonyl (C=O) groups is 1. The topological polar surface area (TPSA) is 93.5 Å². The molecule has 0 unspecified atom stereocenters. The van der Waals surface area contributed by atoms with Crippen molar-refractivity contribution in [2.75, 3.05) is 32.6 Å². The first-order chi connectivity index (χ1) is 10.9. The maximum atomic E-state index is 12.1. The second kappa shape index (κ2) is 7.41. The zero-order valence-electron chi connectivity index (χ0n) is 13.8. The third-order valence-corrected chi connectivity index (χ3v) is 5.86. The highest BCUT2D eigenvalue weighted by Gasteiger charge is 2.33. The van der Waals surface area contributed by atoms with Gasteiger partial charge in [0.05, 0.1) is 30.5 Å². The first-order valence-electron chi connectivity index (χ1n) is 7.70. The van der Waals surface area contributed by atoms with Crippen LogP contribution < -0.4 is 5.32 Å². The van der Waals surface area contributed by atoms with Gasteiger partial charge >= 0.3 is 0 Å². The van der Waals surface area contributed by atoms with Crippen LogP contribution in [-0.2, 0) is 32.5 Å². The maximum Gasteiger partial charge on any atom is 0.226 e. The van der Waals surface area contributed by atoms with Gasteiger partial charge in [0, 0.05) is 32.9 Å². The molecule has 0 aliphatic carbocycles. The number of methoxy groups -OCH3 is 1. The number of nitrogens with one attached hydrogen (secondary N) is 1. The lowest BCUT2D eigenvalue weighted by molar-refractivity contribution is -0.120. The van der Waals surface area contributed by atoms with E-state index in [1.54, 1.807) is 14.0 Å². The molecule has 1 atom stereocenters. The van der Waals surface area contributed by atoms with Gasteiger partial charge in [-0.1, -0.05) is 0 Å². The van der Waals surface area contributed by atoms with Crippen molar-refractivity contribution in [3.05, 3.63) is 17.7 Å².